The Balaban J connectivity index is 2.33. The summed E-state index contributed by atoms with van der Waals surface area (Å²) in [6.07, 6.45) is 1.44. The Labute approximate surface area is 121 Å². The highest BCUT2D eigenvalue weighted by Crippen LogP contribution is 2.19. The molecule has 9 heteroatoms. The van der Waals surface area contributed by atoms with Crippen molar-refractivity contribution in [2.24, 2.45) is 7.05 Å². The van der Waals surface area contributed by atoms with E-state index in [1.807, 2.05) is 0 Å². The maximum atomic E-state index is 13.7. The zero-order chi connectivity index (χ0) is 15.6. The van der Waals surface area contributed by atoms with Gasteiger partial charge in [-0.3, -0.25) is 0 Å². The van der Waals surface area contributed by atoms with Crippen LogP contribution in [0.25, 0.3) is 0 Å². The van der Waals surface area contributed by atoms with Crippen LogP contribution in [0.3, 0.4) is 0 Å². The number of hydrogen-bond acceptors (Lipinski definition) is 5. The second-order valence-corrected chi connectivity index (χ2v) is 6.25. The summed E-state index contributed by atoms with van der Waals surface area (Å²) in [5, 5.41) is 16.5. The Morgan fingerprint density at radius 1 is 1.48 bits per heavy atom. The molecule has 21 heavy (non-hydrogen) atoms. The number of aliphatic hydroxyl groups is 1. The summed E-state index contributed by atoms with van der Waals surface area (Å²) in [5.74, 6) is -0.484. The van der Waals surface area contributed by atoms with Gasteiger partial charge in [-0.15, -0.1) is 10.2 Å². The molecule has 1 aromatic heterocycles. The third-order valence-electron chi connectivity index (χ3n) is 2.93. The van der Waals surface area contributed by atoms with Crippen LogP contribution in [0.2, 0.25) is 0 Å². The van der Waals surface area contributed by atoms with Gasteiger partial charge >= 0.3 is 0 Å². The van der Waals surface area contributed by atoms with Gasteiger partial charge in [0.25, 0.3) is 0 Å². The number of nitrogens with one attached hydrogen (secondary N) is 1. The smallest absolute Gasteiger partial charge is 0.244 e. The molecule has 1 unspecified atom stereocenters. The fourth-order valence-corrected chi connectivity index (χ4v) is 3.21. The maximum absolute atomic E-state index is 13.7. The molecule has 1 heterocycles. The minimum Gasteiger partial charge on any atom is -0.392 e. The van der Waals surface area contributed by atoms with E-state index in [4.69, 9.17) is 5.11 Å². The Morgan fingerprint density at radius 2 is 2.19 bits per heavy atom. The second-order valence-electron chi connectivity index (χ2n) is 4.57. The van der Waals surface area contributed by atoms with Crippen molar-refractivity contribution in [3.05, 3.63) is 41.7 Å². The third kappa shape index (κ3) is 3.26. The van der Waals surface area contributed by atoms with Crippen molar-refractivity contribution in [2.45, 2.75) is 24.5 Å². The van der Waals surface area contributed by atoms with E-state index in [0.717, 1.165) is 12.1 Å². The third-order valence-corrected chi connectivity index (χ3v) is 4.49. The first-order valence-corrected chi connectivity index (χ1v) is 7.59. The number of nitrogens with zero attached hydrogens (tertiary/aromatic N) is 3. The summed E-state index contributed by atoms with van der Waals surface area (Å²) in [7, 11) is -2.41. The van der Waals surface area contributed by atoms with Gasteiger partial charge in [-0.1, -0.05) is 6.07 Å². The number of aromatic nitrogens is 3. The highest BCUT2D eigenvalue weighted by molar-refractivity contribution is 7.89. The lowest BCUT2D eigenvalue weighted by atomic mass is 10.2. The van der Waals surface area contributed by atoms with Crippen molar-refractivity contribution in [3.63, 3.8) is 0 Å². The quantitative estimate of drug-likeness (QED) is 0.837. The van der Waals surface area contributed by atoms with Crippen LogP contribution in [0.1, 0.15) is 24.4 Å². The lowest BCUT2D eigenvalue weighted by Gasteiger charge is -2.14. The van der Waals surface area contributed by atoms with Crippen LogP contribution in [0.4, 0.5) is 4.39 Å². The molecule has 1 aromatic carbocycles. The van der Waals surface area contributed by atoms with E-state index in [1.165, 1.54) is 12.4 Å². The SMILES string of the molecule is CC(NS(=O)(=O)c1cc(CO)ccc1F)c1nncn1C. The minimum absolute atomic E-state index is 0.308. The average molecular weight is 314 g/mol. The van der Waals surface area contributed by atoms with Crippen molar-refractivity contribution in [1.29, 1.82) is 0 Å². The molecule has 0 fully saturated rings. The summed E-state index contributed by atoms with van der Waals surface area (Å²) < 4.78 is 42.1. The van der Waals surface area contributed by atoms with Crippen LogP contribution < -0.4 is 4.72 Å². The van der Waals surface area contributed by atoms with Crippen molar-refractivity contribution in [2.75, 3.05) is 0 Å². The molecule has 0 amide bonds. The van der Waals surface area contributed by atoms with E-state index in [1.54, 1.807) is 18.5 Å². The molecule has 1 atom stereocenters. The molecular formula is C12H15FN4O3S. The fourth-order valence-electron chi connectivity index (χ4n) is 1.89. The largest absolute Gasteiger partial charge is 0.392 e. The van der Waals surface area contributed by atoms with Gasteiger partial charge in [0, 0.05) is 7.05 Å². The van der Waals surface area contributed by atoms with Gasteiger partial charge in [-0.2, -0.15) is 0 Å². The molecule has 0 spiro atoms. The molecule has 2 rings (SSSR count). The molecular weight excluding hydrogens is 299 g/mol. The molecule has 0 aliphatic rings. The Hall–Kier alpha value is -1.84. The summed E-state index contributed by atoms with van der Waals surface area (Å²) in [6, 6.07) is 2.74. The fraction of sp³-hybridized carbons (Fsp3) is 0.333. The molecule has 7 nitrogen and oxygen atoms in total. The standard InChI is InChI=1S/C12H15FN4O3S/c1-8(12-15-14-7-17(12)2)16-21(19,20)11-5-9(6-18)3-4-10(11)13/h3-5,7-8,16,18H,6H2,1-2H3. The Bertz CT molecular complexity index is 745. The van der Waals surface area contributed by atoms with Crippen LogP contribution in [-0.2, 0) is 23.7 Å². The molecule has 2 aromatic rings. The summed E-state index contributed by atoms with van der Waals surface area (Å²) in [6.45, 7) is 1.21. The van der Waals surface area contributed by atoms with E-state index in [9.17, 15) is 12.8 Å². The molecule has 0 aliphatic heterocycles. The topological polar surface area (TPSA) is 97.1 Å². The van der Waals surface area contributed by atoms with Gasteiger partial charge in [0.2, 0.25) is 10.0 Å². The molecule has 114 valence electrons. The molecule has 0 aliphatic carbocycles. The first kappa shape index (κ1) is 15.5. The van der Waals surface area contributed by atoms with E-state index < -0.39 is 26.8 Å². The van der Waals surface area contributed by atoms with Crippen molar-refractivity contribution < 1.29 is 17.9 Å². The number of hydrogen-bond donors (Lipinski definition) is 2. The van der Waals surface area contributed by atoms with Crippen LogP contribution in [-0.4, -0.2) is 28.3 Å². The van der Waals surface area contributed by atoms with Crippen LogP contribution in [0, 0.1) is 5.82 Å². The normalized spacial score (nSPS) is 13.3. The first-order valence-electron chi connectivity index (χ1n) is 6.10. The van der Waals surface area contributed by atoms with Crippen LogP contribution in [0.15, 0.2) is 29.4 Å². The number of aryl methyl sites for hydroxylation is 1. The zero-order valence-corrected chi connectivity index (χ0v) is 12.3. The van der Waals surface area contributed by atoms with Gasteiger partial charge in [0.05, 0.1) is 12.6 Å². The number of aliphatic hydroxyl groups excluding tert-OH is 1. The maximum Gasteiger partial charge on any atom is 0.244 e. The van der Waals surface area contributed by atoms with E-state index in [0.29, 0.717) is 11.4 Å². The molecule has 0 bridgehead atoms. The summed E-state index contributed by atoms with van der Waals surface area (Å²) in [5.41, 5.74) is 0.308. The minimum atomic E-state index is -4.08. The molecule has 2 N–H and O–H groups in total. The number of sulfonamides is 1. The van der Waals surface area contributed by atoms with Crippen LogP contribution >= 0.6 is 0 Å². The Kier molecular flexibility index (Phi) is 4.35. The molecule has 0 saturated heterocycles. The predicted molar refractivity (Wildman–Crippen MR) is 72.1 cm³/mol. The zero-order valence-electron chi connectivity index (χ0n) is 11.5. The van der Waals surface area contributed by atoms with Gasteiger partial charge in [-0.25, -0.2) is 17.5 Å². The highest BCUT2D eigenvalue weighted by Gasteiger charge is 2.24. The number of benzene rings is 1. The van der Waals surface area contributed by atoms with Crippen LogP contribution in [0.5, 0.6) is 0 Å². The highest BCUT2D eigenvalue weighted by atomic mass is 32.2. The molecule has 0 saturated carbocycles. The lowest BCUT2D eigenvalue weighted by molar-refractivity contribution is 0.281. The van der Waals surface area contributed by atoms with Gasteiger partial charge < -0.3 is 9.67 Å². The van der Waals surface area contributed by atoms with Gasteiger partial charge in [-0.05, 0) is 24.6 Å². The summed E-state index contributed by atoms with van der Waals surface area (Å²) in [4.78, 5) is -0.511. The second kappa shape index (κ2) is 5.88. The van der Waals surface area contributed by atoms with Gasteiger partial charge in [0.1, 0.15) is 22.9 Å². The number of rotatable bonds is 5. The van der Waals surface area contributed by atoms with Crippen molar-refractivity contribution >= 4 is 10.0 Å². The summed E-state index contributed by atoms with van der Waals surface area (Å²) >= 11 is 0. The van der Waals surface area contributed by atoms with E-state index in [-0.39, 0.29) is 6.61 Å². The van der Waals surface area contributed by atoms with E-state index in [2.05, 4.69) is 14.9 Å². The van der Waals surface area contributed by atoms with Crippen molar-refractivity contribution in [3.8, 4) is 0 Å². The Morgan fingerprint density at radius 3 is 2.76 bits per heavy atom. The predicted octanol–water partition coefficient (Wildman–Crippen LogP) is 0.486. The monoisotopic (exact) mass is 314 g/mol. The lowest BCUT2D eigenvalue weighted by Crippen LogP contribution is -2.29. The van der Waals surface area contributed by atoms with E-state index >= 15 is 0 Å². The number of halogens is 1. The first-order chi connectivity index (χ1) is 9.85. The molecule has 0 radical (unpaired) electrons. The van der Waals surface area contributed by atoms with Crippen molar-refractivity contribution in [1.82, 2.24) is 19.5 Å². The van der Waals surface area contributed by atoms with Gasteiger partial charge in [0.15, 0.2) is 0 Å². The average Bonchev–Trinajstić information content (AvgIpc) is 2.85.